The molecule has 2 aromatic rings. The Morgan fingerprint density at radius 2 is 2.35 bits per heavy atom. The van der Waals surface area contributed by atoms with Crippen molar-refractivity contribution in [1.29, 1.82) is 0 Å². The van der Waals surface area contributed by atoms with Crippen molar-refractivity contribution in [2.45, 2.75) is 19.4 Å². The molecule has 1 fully saturated rings. The first kappa shape index (κ1) is 13.4. The van der Waals surface area contributed by atoms with Crippen molar-refractivity contribution in [3.63, 3.8) is 0 Å². The number of fused-ring (bicyclic) bond motifs is 1. The van der Waals surface area contributed by atoms with Gasteiger partial charge in [-0.2, -0.15) is 0 Å². The summed E-state index contributed by atoms with van der Waals surface area (Å²) in [4.78, 5) is 15.6. The van der Waals surface area contributed by atoms with Gasteiger partial charge in [-0.1, -0.05) is 15.9 Å². The molecule has 1 aromatic carbocycles. The topological polar surface area (TPSA) is 51.2 Å². The minimum absolute atomic E-state index is 0.0216. The first-order valence-corrected chi connectivity index (χ1v) is 7.40. The number of carbonyl (C=O) groups is 1. The van der Waals surface area contributed by atoms with Gasteiger partial charge >= 0.3 is 0 Å². The van der Waals surface area contributed by atoms with Gasteiger partial charge in [0.2, 0.25) is 5.91 Å². The lowest BCUT2D eigenvalue weighted by molar-refractivity contribution is -0.119. The number of hydrogen-bond acceptors (Lipinski definition) is 3. The Hall–Kier alpha value is -1.62. The summed E-state index contributed by atoms with van der Waals surface area (Å²) in [6, 6.07) is 7.81. The average molecular weight is 335 g/mol. The molecule has 5 heteroatoms. The molecular formula is C15H15BrN2O2. The van der Waals surface area contributed by atoms with Crippen molar-refractivity contribution in [3.8, 4) is 5.75 Å². The van der Waals surface area contributed by atoms with E-state index in [9.17, 15) is 4.79 Å². The van der Waals surface area contributed by atoms with Gasteiger partial charge in [0.05, 0.1) is 5.52 Å². The van der Waals surface area contributed by atoms with E-state index >= 15 is 0 Å². The summed E-state index contributed by atoms with van der Waals surface area (Å²) < 4.78 is 7.02. The van der Waals surface area contributed by atoms with Gasteiger partial charge in [0, 0.05) is 34.9 Å². The SMILES string of the molecule is C[C@@H](Oc1cc(Br)cc2ncccc12)[C@@H]1CNC(=O)C1. The maximum absolute atomic E-state index is 11.3. The van der Waals surface area contributed by atoms with E-state index in [-0.39, 0.29) is 17.9 Å². The maximum atomic E-state index is 11.3. The quantitative estimate of drug-likeness (QED) is 0.938. The van der Waals surface area contributed by atoms with Crippen molar-refractivity contribution >= 4 is 32.7 Å². The molecule has 0 radical (unpaired) electrons. The van der Waals surface area contributed by atoms with E-state index in [0.717, 1.165) is 21.1 Å². The highest BCUT2D eigenvalue weighted by Gasteiger charge is 2.28. The highest BCUT2D eigenvalue weighted by molar-refractivity contribution is 9.10. The lowest BCUT2D eigenvalue weighted by Gasteiger charge is -2.20. The zero-order chi connectivity index (χ0) is 14.1. The van der Waals surface area contributed by atoms with Gasteiger partial charge in [0.1, 0.15) is 11.9 Å². The number of halogens is 1. The fourth-order valence-electron chi connectivity index (χ4n) is 2.47. The zero-order valence-electron chi connectivity index (χ0n) is 11.1. The number of carbonyl (C=O) groups excluding carboxylic acids is 1. The molecule has 0 unspecified atom stereocenters. The second kappa shape index (κ2) is 5.40. The molecular weight excluding hydrogens is 320 g/mol. The normalized spacial score (nSPS) is 19.9. The number of hydrogen-bond donors (Lipinski definition) is 1. The van der Waals surface area contributed by atoms with Crippen LogP contribution in [0.1, 0.15) is 13.3 Å². The number of aromatic nitrogens is 1. The molecule has 20 heavy (non-hydrogen) atoms. The van der Waals surface area contributed by atoms with Gasteiger partial charge in [-0.3, -0.25) is 9.78 Å². The molecule has 0 spiro atoms. The summed E-state index contributed by atoms with van der Waals surface area (Å²) >= 11 is 3.48. The van der Waals surface area contributed by atoms with E-state index in [1.165, 1.54) is 0 Å². The van der Waals surface area contributed by atoms with Crippen LogP contribution in [0, 0.1) is 5.92 Å². The summed E-state index contributed by atoms with van der Waals surface area (Å²) in [5.74, 6) is 1.12. The van der Waals surface area contributed by atoms with Crippen LogP contribution in [0.25, 0.3) is 10.9 Å². The number of nitrogens with zero attached hydrogens (tertiary/aromatic N) is 1. The van der Waals surface area contributed by atoms with Crippen LogP contribution in [0.3, 0.4) is 0 Å². The molecule has 1 aliphatic rings. The molecule has 0 bridgehead atoms. The largest absolute Gasteiger partial charge is 0.490 e. The van der Waals surface area contributed by atoms with Crippen molar-refractivity contribution < 1.29 is 9.53 Å². The first-order chi connectivity index (χ1) is 9.63. The van der Waals surface area contributed by atoms with E-state index < -0.39 is 0 Å². The molecule has 104 valence electrons. The minimum Gasteiger partial charge on any atom is -0.490 e. The summed E-state index contributed by atoms with van der Waals surface area (Å²) in [5, 5.41) is 3.83. The van der Waals surface area contributed by atoms with Crippen molar-refractivity contribution in [2.24, 2.45) is 5.92 Å². The molecule has 0 aliphatic carbocycles. The average Bonchev–Trinajstić information content (AvgIpc) is 2.85. The molecule has 0 saturated carbocycles. The molecule has 2 heterocycles. The Labute approximate surface area is 125 Å². The number of rotatable bonds is 3. The van der Waals surface area contributed by atoms with Crippen molar-refractivity contribution in [3.05, 3.63) is 34.9 Å². The molecule has 1 aliphatic heterocycles. The third kappa shape index (κ3) is 2.63. The number of nitrogens with one attached hydrogen (secondary N) is 1. The number of ether oxygens (including phenoxy) is 1. The van der Waals surface area contributed by atoms with Crippen LogP contribution >= 0.6 is 15.9 Å². The third-order valence-electron chi connectivity index (χ3n) is 3.63. The molecule has 1 N–H and O–H groups in total. The third-order valence-corrected chi connectivity index (χ3v) is 4.09. The smallest absolute Gasteiger partial charge is 0.220 e. The Bertz CT molecular complexity index is 659. The fraction of sp³-hybridized carbons (Fsp3) is 0.333. The van der Waals surface area contributed by atoms with Crippen LogP contribution in [-0.4, -0.2) is 23.5 Å². The van der Waals surface area contributed by atoms with Gasteiger partial charge in [0.15, 0.2) is 0 Å². The van der Waals surface area contributed by atoms with Gasteiger partial charge in [-0.25, -0.2) is 0 Å². The van der Waals surface area contributed by atoms with Crippen LogP contribution in [0.15, 0.2) is 34.9 Å². The predicted octanol–water partition coefficient (Wildman–Crippen LogP) is 2.90. The highest BCUT2D eigenvalue weighted by atomic mass is 79.9. The van der Waals surface area contributed by atoms with Crippen LogP contribution < -0.4 is 10.1 Å². The van der Waals surface area contributed by atoms with Gasteiger partial charge in [-0.05, 0) is 31.2 Å². The lowest BCUT2D eigenvalue weighted by atomic mass is 10.0. The molecule has 1 amide bonds. The molecule has 2 atom stereocenters. The summed E-state index contributed by atoms with van der Waals surface area (Å²) in [7, 11) is 0. The number of pyridine rings is 1. The standard InChI is InChI=1S/C15H15BrN2O2/c1-9(10-5-15(19)18-8-10)20-14-7-11(16)6-13-12(14)3-2-4-17-13/h2-4,6-7,9-10H,5,8H2,1H3,(H,18,19)/t9-,10+/m1/s1. The van der Waals surface area contributed by atoms with Gasteiger partial charge in [-0.15, -0.1) is 0 Å². The van der Waals surface area contributed by atoms with E-state index in [2.05, 4.69) is 26.2 Å². The van der Waals surface area contributed by atoms with E-state index in [1.54, 1.807) is 6.20 Å². The van der Waals surface area contributed by atoms with E-state index in [0.29, 0.717) is 13.0 Å². The van der Waals surface area contributed by atoms with Gasteiger partial charge in [0.25, 0.3) is 0 Å². The fourth-order valence-corrected chi connectivity index (χ4v) is 2.89. The Balaban J connectivity index is 1.88. The van der Waals surface area contributed by atoms with E-state index in [1.807, 2.05) is 31.2 Å². The van der Waals surface area contributed by atoms with Gasteiger partial charge < -0.3 is 10.1 Å². The van der Waals surface area contributed by atoms with Crippen molar-refractivity contribution in [2.75, 3.05) is 6.54 Å². The van der Waals surface area contributed by atoms with E-state index in [4.69, 9.17) is 4.74 Å². The molecule has 3 rings (SSSR count). The van der Waals surface area contributed by atoms with Crippen LogP contribution in [-0.2, 0) is 4.79 Å². The van der Waals surface area contributed by atoms with Crippen LogP contribution in [0.2, 0.25) is 0 Å². The van der Waals surface area contributed by atoms with Crippen LogP contribution in [0.5, 0.6) is 5.75 Å². The zero-order valence-corrected chi connectivity index (χ0v) is 12.7. The predicted molar refractivity (Wildman–Crippen MR) is 80.6 cm³/mol. The number of benzene rings is 1. The summed E-state index contributed by atoms with van der Waals surface area (Å²) in [6.45, 7) is 2.69. The number of amides is 1. The van der Waals surface area contributed by atoms with Crippen LogP contribution in [0.4, 0.5) is 0 Å². The molecule has 1 aromatic heterocycles. The maximum Gasteiger partial charge on any atom is 0.220 e. The molecule has 4 nitrogen and oxygen atoms in total. The second-order valence-corrected chi connectivity index (χ2v) is 5.98. The summed E-state index contributed by atoms with van der Waals surface area (Å²) in [5.41, 5.74) is 0.893. The lowest BCUT2D eigenvalue weighted by Crippen LogP contribution is -2.25. The highest BCUT2D eigenvalue weighted by Crippen LogP contribution is 2.31. The Morgan fingerprint density at radius 1 is 1.50 bits per heavy atom. The minimum atomic E-state index is -0.0216. The summed E-state index contributed by atoms with van der Waals surface area (Å²) in [6.07, 6.45) is 2.28. The first-order valence-electron chi connectivity index (χ1n) is 6.61. The molecule has 1 saturated heterocycles. The Kier molecular flexibility index (Phi) is 3.61. The monoisotopic (exact) mass is 334 g/mol. The van der Waals surface area contributed by atoms with Crippen molar-refractivity contribution in [1.82, 2.24) is 10.3 Å². The second-order valence-electron chi connectivity index (χ2n) is 5.07. The Morgan fingerprint density at radius 3 is 3.10 bits per heavy atom.